The molecule has 2 atom stereocenters. The smallest absolute Gasteiger partial charge is 0.191 e. The molecule has 0 aliphatic carbocycles. The van der Waals surface area contributed by atoms with Crippen molar-refractivity contribution in [3.05, 3.63) is 34.0 Å². The minimum Gasteiger partial charge on any atom is -0.377 e. The van der Waals surface area contributed by atoms with Crippen LogP contribution in [0.2, 0.25) is 0 Å². The Balaban J connectivity index is 1.34. The maximum Gasteiger partial charge on any atom is 0.191 e. The Morgan fingerprint density at radius 1 is 1.41 bits per heavy atom. The number of rotatable bonds is 7. The molecule has 4 rings (SSSR count). The molecule has 1 fully saturated rings. The Morgan fingerprint density at radius 2 is 2.28 bits per heavy atom. The SMILES string of the molecule is CN=C(NCC(c1cccs1)N1CCCC1)NC1CCc2nc(COC)nn2C1. The van der Waals surface area contributed by atoms with Crippen molar-refractivity contribution >= 4 is 17.3 Å². The molecule has 4 heterocycles. The van der Waals surface area contributed by atoms with Crippen molar-refractivity contribution in [1.82, 2.24) is 30.3 Å². The highest BCUT2D eigenvalue weighted by Crippen LogP contribution is 2.27. The first-order valence-electron chi connectivity index (χ1n) is 10.4. The van der Waals surface area contributed by atoms with Crippen LogP contribution in [-0.4, -0.2) is 65.5 Å². The van der Waals surface area contributed by atoms with E-state index in [4.69, 9.17) is 4.74 Å². The fourth-order valence-corrected chi connectivity index (χ4v) is 5.05. The molecular formula is C20H31N7OS. The van der Waals surface area contributed by atoms with Crippen molar-refractivity contribution in [2.75, 3.05) is 33.8 Å². The van der Waals surface area contributed by atoms with Crippen LogP contribution in [-0.2, 0) is 24.3 Å². The number of fused-ring (bicyclic) bond motifs is 1. The van der Waals surface area contributed by atoms with Gasteiger partial charge < -0.3 is 15.4 Å². The summed E-state index contributed by atoms with van der Waals surface area (Å²) in [5.74, 6) is 2.66. The summed E-state index contributed by atoms with van der Waals surface area (Å²) in [6.45, 7) is 4.48. The Bertz CT molecular complexity index is 798. The third-order valence-corrected chi connectivity index (χ3v) is 6.63. The number of aliphatic imine (C=N–C) groups is 1. The van der Waals surface area contributed by atoms with Crippen LogP contribution < -0.4 is 10.6 Å². The quantitative estimate of drug-likeness (QED) is 0.528. The van der Waals surface area contributed by atoms with Crippen LogP contribution in [0.3, 0.4) is 0 Å². The van der Waals surface area contributed by atoms with Gasteiger partial charge in [0.05, 0.1) is 12.6 Å². The van der Waals surface area contributed by atoms with Gasteiger partial charge >= 0.3 is 0 Å². The molecule has 0 bridgehead atoms. The number of thiophene rings is 1. The van der Waals surface area contributed by atoms with Gasteiger partial charge in [0.1, 0.15) is 12.4 Å². The van der Waals surface area contributed by atoms with Crippen molar-refractivity contribution in [2.24, 2.45) is 4.99 Å². The molecule has 1 saturated heterocycles. The molecule has 0 radical (unpaired) electrons. The number of ether oxygens (including phenoxy) is 1. The number of methoxy groups -OCH3 is 1. The zero-order valence-electron chi connectivity index (χ0n) is 17.3. The summed E-state index contributed by atoms with van der Waals surface area (Å²) in [5.41, 5.74) is 0. The molecule has 8 nitrogen and oxygen atoms in total. The topological polar surface area (TPSA) is 79.6 Å². The van der Waals surface area contributed by atoms with Gasteiger partial charge in [-0.05, 0) is 43.8 Å². The summed E-state index contributed by atoms with van der Waals surface area (Å²) in [4.78, 5) is 13.0. The lowest BCUT2D eigenvalue weighted by Crippen LogP contribution is -2.48. The van der Waals surface area contributed by atoms with Crippen LogP contribution in [0.4, 0.5) is 0 Å². The van der Waals surface area contributed by atoms with E-state index < -0.39 is 0 Å². The summed E-state index contributed by atoms with van der Waals surface area (Å²) >= 11 is 1.84. The van der Waals surface area contributed by atoms with Gasteiger partial charge in [-0.15, -0.1) is 11.3 Å². The van der Waals surface area contributed by atoms with Gasteiger partial charge in [-0.3, -0.25) is 9.89 Å². The standard InChI is InChI=1S/C20H31N7OS/c1-21-20(22-12-16(17-6-5-11-29-17)26-9-3-4-10-26)23-15-7-8-19-24-18(14-28-2)25-27(19)13-15/h5-6,11,15-16H,3-4,7-10,12-14H2,1-2H3,(H2,21,22,23). The molecule has 9 heteroatoms. The number of nitrogens with one attached hydrogen (secondary N) is 2. The highest BCUT2D eigenvalue weighted by atomic mass is 32.1. The van der Waals surface area contributed by atoms with Crippen LogP contribution in [0.5, 0.6) is 0 Å². The van der Waals surface area contributed by atoms with E-state index in [1.165, 1.54) is 30.8 Å². The zero-order valence-corrected chi connectivity index (χ0v) is 18.1. The van der Waals surface area contributed by atoms with Crippen molar-refractivity contribution in [1.29, 1.82) is 0 Å². The normalized spacial score (nSPS) is 21.2. The molecule has 2 aliphatic rings. The van der Waals surface area contributed by atoms with E-state index in [0.717, 1.165) is 43.5 Å². The summed E-state index contributed by atoms with van der Waals surface area (Å²) in [6, 6.07) is 5.08. The predicted molar refractivity (Wildman–Crippen MR) is 115 cm³/mol. The third-order valence-electron chi connectivity index (χ3n) is 5.66. The summed E-state index contributed by atoms with van der Waals surface area (Å²) in [7, 11) is 3.51. The molecule has 158 valence electrons. The van der Waals surface area contributed by atoms with E-state index in [2.05, 4.69) is 48.1 Å². The molecule has 2 aromatic rings. The molecule has 2 unspecified atom stereocenters. The average Bonchev–Trinajstić information content (AvgIpc) is 3.49. The predicted octanol–water partition coefficient (Wildman–Crippen LogP) is 1.80. The molecule has 0 amide bonds. The van der Waals surface area contributed by atoms with E-state index >= 15 is 0 Å². The molecule has 0 aromatic carbocycles. The summed E-state index contributed by atoms with van der Waals surface area (Å²) < 4.78 is 7.16. The second-order valence-corrected chi connectivity index (χ2v) is 8.65. The van der Waals surface area contributed by atoms with Gasteiger partial charge in [-0.25, -0.2) is 9.67 Å². The minimum absolute atomic E-state index is 0.290. The van der Waals surface area contributed by atoms with E-state index in [-0.39, 0.29) is 6.04 Å². The van der Waals surface area contributed by atoms with E-state index in [1.54, 1.807) is 7.11 Å². The van der Waals surface area contributed by atoms with Crippen LogP contribution in [0.1, 0.15) is 41.8 Å². The van der Waals surface area contributed by atoms with Crippen molar-refractivity contribution in [2.45, 2.75) is 50.9 Å². The van der Waals surface area contributed by atoms with Crippen molar-refractivity contribution < 1.29 is 4.74 Å². The van der Waals surface area contributed by atoms with Crippen LogP contribution in [0.25, 0.3) is 0 Å². The first kappa shape index (κ1) is 20.3. The number of nitrogens with zero attached hydrogens (tertiary/aromatic N) is 5. The van der Waals surface area contributed by atoms with Crippen molar-refractivity contribution in [3.8, 4) is 0 Å². The number of aryl methyl sites for hydroxylation is 1. The minimum atomic E-state index is 0.290. The lowest BCUT2D eigenvalue weighted by Gasteiger charge is -2.29. The van der Waals surface area contributed by atoms with Gasteiger partial charge in [0, 0.05) is 38.0 Å². The van der Waals surface area contributed by atoms with E-state index in [1.807, 2.05) is 23.1 Å². The van der Waals surface area contributed by atoms with Crippen LogP contribution in [0, 0.1) is 0 Å². The lowest BCUT2D eigenvalue weighted by molar-refractivity contribution is 0.177. The fourth-order valence-electron chi connectivity index (χ4n) is 4.19. The molecule has 0 saturated carbocycles. The first-order chi connectivity index (χ1) is 14.3. The van der Waals surface area contributed by atoms with E-state index in [9.17, 15) is 0 Å². The van der Waals surface area contributed by atoms with Gasteiger partial charge in [-0.1, -0.05) is 6.07 Å². The summed E-state index contributed by atoms with van der Waals surface area (Å²) in [6.07, 6.45) is 4.52. The Hall–Kier alpha value is -1.97. The number of hydrogen-bond donors (Lipinski definition) is 2. The monoisotopic (exact) mass is 417 g/mol. The largest absolute Gasteiger partial charge is 0.377 e. The molecular weight excluding hydrogens is 386 g/mol. The van der Waals surface area contributed by atoms with E-state index in [0.29, 0.717) is 12.6 Å². The van der Waals surface area contributed by atoms with Crippen molar-refractivity contribution in [3.63, 3.8) is 0 Å². The van der Waals surface area contributed by atoms with Gasteiger partial charge in [0.25, 0.3) is 0 Å². The molecule has 29 heavy (non-hydrogen) atoms. The number of hydrogen-bond acceptors (Lipinski definition) is 6. The Labute approximate surface area is 176 Å². The third kappa shape index (κ3) is 4.96. The van der Waals surface area contributed by atoms with Gasteiger partial charge in [-0.2, -0.15) is 5.10 Å². The first-order valence-corrected chi connectivity index (χ1v) is 11.3. The van der Waals surface area contributed by atoms with Crippen LogP contribution >= 0.6 is 11.3 Å². The average molecular weight is 418 g/mol. The summed E-state index contributed by atoms with van der Waals surface area (Å²) in [5, 5.41) is 13.9. The van der Waals surface area contributed by atoms with Gasteiger partial charge in [0.15, 0.2) is 11.8 Å². The second-order valence-electron chi connectivity index (χ2n) is 7.67. The highest BCUT2D eigenvalue weighted by molar-refractivity contribution is 7.10. The molecule has 2 aromatic heterocycles. The number of guanidine groups is 1. The Kier molecular flexibility index (Phi) is 6.78. The lowest BCUT2D eigenvalue weighted by atomic mass is 10.1. The molecule has 2 N–H and O–H groups in total. The molecule has 0 spiro atoms. The van der Waals surface area contributed by atoms with Crippen LogP contribution in [0.15, 0.2) is 22.5 Å². The maximum atomic E-state index is 5.16. The highest BCUT2D eigenvalue weighted by Gasteiger charge is 2.26. The number of aromatic nitrogens is 3. The van der Waals surface area contributed by atoms with Gasteiger partial charge in [0.2, 0.25) is 0 Å². The second kappa shape index (κ2) is 9.69. The zero-order chi connectivity index (χ0) is 20.1. The molecule has 2 aliphatic heterocycles. The fraction of sp³-hybridized carbons (Fsp3) is 0.650. The Morgan fingerprint density at radius 3 is 3.00 bits per heavy atom. The number of likely N-dealkylation sites (tertiary alicyclic amines) is 1. The maximum absolute atomic E-state index is 5.16.